The molecule has 0 saturated carbocycles. The molecular formula is C12H16N4O2. The molecule has 1 aromatic heterocycles. The van der Waals surface area contributed by atoms with E-state index in [1.807, 2.05) is 6.07 Å². The summed E-state index contributed by atoms with van der Waals surface area (Å²) in [6.45, 7) is 3.29. The first-order chi connectivity index (χ1) is 8.86. The molecule has 18 heavy (non-hydrogen) atoms. The highest BCUT2D eigenvalue weighted by atomic mass is 16.5. The van der Waals surface area contributed by atoms with E-state index in [1.165, 1.54) is 0 Å². The van der Waals surface area contributed by atoms with Crippen molar-refractivity contribution in [1.29, 1.82) is 5.26 Å². The molecule has 0 unspecified atom stereocenters. The Morgan fingerprint density at radius 1 is 1.50 bits per heavy atom. The molecule has 0 spiro atoms. The molecule has 0 radical (unpaired) electrons. The van der Waals surface area contributed by atoms with Crippen LogP contribution >= 0.6 is 0 Å². The molecule has 0 aliphatic carbocycles. The second-order valence-corrected chi connectivity index (χ2v) is 3.92. The van der Waals surface area contributed by atoms with Crippen LogP contribution in [0.3, 0.4) is 0 Å². The molecule has 1 aromatic rings. The van der Waals surface area contributed by atoms with Gasteiger partial charge < -0.3 is 20.1 Å². The molecule has 0 aromatic carbocycles. The lowest BCUT2D eigenvalue weighted by Crippen LogP contribution is -2.36. The van der Waals surface area contributed by atoms with Crippen molar-refractivity contribution in [1.82, 2.24) is 4.98 Å². The lowest BCUT2D eigenvalue weighted by molar-refractivity contribution is 0.122. The van der Waals surface area contributed by atoms with Crippen molar-refractivity contribution in [3.8, 4) is 6.07 Å². The van der Waals surface area contributed by atoms with E-state index >= 15 is 0 Å². The Morgan fingerprint density at radius 2 is 2.28 bits per heavy atom. The number of morpholine rings is 1. The van der Waals surface area contributed by atoms with Crippen LogP contribution in [0.4, 0.5) is 11.5 Å². The van der Waals surface area contributed by atoms with Gasteiger partial charge in [-0.2, -0.15) is 5.26 Å². The number of hydrogen-bond donors (Lipinski definition) is 2. The van der Waals surface area contributed by atoms with Gasteiger partial charge in [0.15, 0.2) is 0 Å². The van der Waals surface area contributed by atoms with E-state index in [1.54, 1.807) is 6.20 Å². The molecule has 6 nitrogen and oxygen atoms in total. The summed E-state index contributed by atoms with van der Waals surface area (Å²) in [7, 11) is 0. The maximum Gasteiger partial charge on any atom is 0.146 e. The third kappa shape index (κ3) is 2.70. The number of nitrogens with one attached hydrogen (secondary N) is 1. The molecule has 2 rings (SSSR count). The predicted molar refractivity (Wildman–Crippen MR) is 67.6 cm³/mol. The summed E-state index contributed by atoms with van der Waals surface area (Å²) < 4.78 is 5.30. The van der Waals surface area contributed by atoms with Crippen LogP contribution in [0, 0.1) is 11.3 Å². The van der Waals surface area contributed by atoms with Crippen LogP contribution < -0.4 is 10.2 Å². The molecule has 1 aliphatic heterocycles. The quantitative estimate of drug-likeness (QED) is 0.792. The molecule has 2 heterocycles. The first-order valence-corrected chi connectivity index (χ1v) is 5.93. The number of aliphatic hydroxyl groups excluding tert-OH is 1. The zero-order valence-corrected chi connectivity index (χ0v) is 10.1. The Labute approximate surface area is 106 Å². The first-order valence-electron chi connectivity index (χ1n) is 5.93. The fourth-order valence-electron chi connectivity index (χ4n) is 1.94. The molecule has 0 bridgehead atoms. The van der Waals surface area contributed by atoms with Crippen LogP contribution in [0.5, 0.6) is 0 Å². The number of nitriles is 1. The number of anilines is 2. The average Bonchev–Trinajstić information content (AvgIpc) is 2.45. The van der Waals surface area contributed by atoms with Gasteiger partial charge in [0.25, 0.3) is 0 Å². The molecule has 0 amide bonds. The highest BCUT2D eigenvalue weighted by Gasteiger charge is 2.17. The number of pyridine rings is 1. The Hall–Kier alpha value is -1.84. The van der Waals surface area contributed by atoms with E-state index in [9.17, 15) is 5.26 Å². The van der Waals surface area contributed by atoms with Gasteiger partial charge in [0.2, 0.25) is 0 Å². The summed E-state index contributed by atoms with van der Waals surface area (Å²) in [5, 5.41) is 21.0. The van der Waals surface area contributed by atoms with Gasteiger partial charge in [-0.3, -0.25) is 0 Å². The van der Waals surface area contributed by atoms with E-state index < -0.39 is 0 Å². The number of hydrogen-bond acceptors (Lipinski definition) is 6. The summed E-state index contributed by atoms with van der Waals surface area (Å²) in [4.78, 5) is 6.26. The highest BCUT2D eigenvalue weighted by molar-refractivity contribution is 5.68. The summed E-state index contributed by atoms with van der Waals surface area (Å²) in [6, 6.07) is 4.02. The largest absolute Gasteiger partial charge is 0.395 e. The number of aromatic nitrogens is 1. The van der Waals surface area contributed by atoms with Crippen molar-refractivity contribution >= 4 is 11.5 Å². The Bertz CT molecular complexity index is 438. The van der Waals surface area contributed by atoms with Crippen molar-refractivity contribution in [2.45, 2.75) is 0 Å². The Balaban J connectivity index is 2.26. The maximum atomic E-state index is 9.28. The minimum absolute atomic E-state index is 0.00826. The van der Waals surface area contributed by atoms with Crippen molar-refractivity contribution in [2.24, 2.45) is 0 Å². The molecule has 0 atom stereocenters. The summed E-state index contributed by atoms with van der Waals surface area (Å²) >= 11 is 0. The maximum absolute atomic E-state index is 9.28. The number of aliphatic hydroxyl groups is 1. The topological polar surface area (TPSA) is 81.4 Å². The molecular weight excluding hydrogens is 232 g/mol. The van der Waals surface area contributed by atoms with Gasteiger partial charge in [0, 0.05) is 25.8 Å². The normalized spacial score (nSPS) is 15.2. The second-order valence-electron chi connectivity index (χ2n) is 3.92. The van der Waals surface area contributed by atoms with Crippen molar-refractivity contribution < 1.29 is 9.84 Å². The van der Waals surface area contributed by atoms with Gasteiger partial charge in [0.1, 0.15) is 17.5 Å². The Morgan fingerprint density at radius 3 is 2.94 bits per heavy atom. The monoisotopic (exact) mass is 248 g/mol. The standard InChI is InChI=1S/C12H16N4O2/c13-9-10-11(16-4-7-18-8-5-16)1-2-14-12(10)15-3-6-17/h1-2,17H,3-8H2,(H,14,15). The van der Waals surface area contributed by atoms with E-state index in [4.69, 9.17) is 9.84 Å². The van der Waals surface area contributed by atoms with E-state index in [0.717, 1.165) is 18.8 Å². The molecule has 96 valence electrons. The van der Waals surface area contributed by atoms with Gasteiger partial charge in [0.05, 0.1) is 25.5 Å². The molecule has 1 fully saturated rings. The van der Waals surface area contributed by atoms with E-state index in [2.05, 4.69) is 21.3 Å². The SMILES string of the molecule is N#Cc1c(N2CCOCC2)ccnc1NCCO. The predicted octanol–water partition coefficient (Wildman–Crippen LogP) is 0.194. The van der Waals surface area contributed by atoms with Crippen LogP contribution in [0.15, 0.2) is 12.3 Å². The zero-order chi connectivity index (χ0) is 12.8. The molecule has 6 heteroatoms. The zero-order valence-electron chi connectivity index (χ0n) is 10.1. The Kier molecular flexibility index (Phi) is 4.34. The van der Waals surface area contributed by atoms with Crippen LogP contribution in [0.25, 0.3) is 0 Å². The van der Waals surface area contributed by atoms with Gasteiger partial charge >= 0.3 is 0 Å². The fraction of sp³-hybridized carbons (Fsp3) is 0.500. The number of nitrogens with zero attached hydrogens (tertiary/aromatic N) is 3. The van der Waals surface area contributed by atoms with Crippen LogP contribution in [0.1, 0.15) is 5.56 Å². The third-order valence-electron chi connectivity index (χ3n) is 2.80. The minimum atomic E-state index is 0.00826. The second kappa shape index (κ2) is 6.19. The van der Waals surface area contributed by atoms with Crippen molar-refractivity contribution in [3.05, 3.63) is 17.8 Å². The van der Waals surface area contributed by atoms with Gasteiger partial charge in [-0.05, 0) is 6.07 Å². The van der Waals surface area contributed by atoms with Crippen LogP contribution in [-0.2, 0) is 4.74 Å². The molecule has 1 aliphatic rings. The fourth-order valence-corrected chi connectivity index (χ4v) is 1.94. The van der Waals surface area contributed by atoms with Gasteiger partial charge in [-0.25, -0.2) is 4.98 Å². The lowest BCUT2D eigenvalue weighted by Gasteiger charge is -2.29. The van der Waals surface area contributed by atoms with E-state index in [0.29, 0.717) is 31.1 Å². The van der Waals surface area contributed by atoms with E-state index in [-0.39, 0.29) is 6.61 Å². The highest BCUT2D eigenvalue weighted by Crippen LogP contribution is 2.25. The van der Waals surface area contributed by atoms with Crippen molar-refractivity contribution in [2.75, 3.05) is 49.7 Å². The summed E-state index contributed by atoms with van der Waals surface area (Å²) in [5.41, 5.74) is 1.39. The van der Waals surface area contributed by atoms with Crippen molar-refractivity contribution in [3.63, 3.8) is 0 Å². The third-order valence-corrected chi connectivity index (χ3v) is 2.80. The average molecular weight is 248 g/mol. The number of ether oxygens (including phenoxy) is 1. The summed E-state index contributed by atoms with van der Waals surface area (Å²) in [5.74, 6) is 0.524. The van der Waals surface area contributed by atoms with Gasteiger partial charge in [-0.15, -0.1) is 0 Å². The van der Waals surface area contributed by atoms with Crippen LogP contribution in [-0.4, -0.2) is 49.5 Å². The van der Waals surface area contributed by atoms with Crippen LogP contribution in [0.2, 0.25) is 0 Å². The summed E-state index contributed by atoms with van der Waals surface area (Å²) in [6.07, 6.45) is 1.67. The smallest absolute Gasteiger partial charge is 0.146 e. The minimum Gasteiger partial charge on any atom is -0.395 e. The first kappa shape index (κ1) is 12.6. The molecule has 1 saturated heterocycles. The number of rotatable bonds is 4. The van der Waals surface area contributed by atoms with Gasteiger partial charge in [-0.1, -0.05) is 0 Å². The lowest BCUT2D eigenvalue weighted by atomic mass is 10.2. The molecule has 2 N–H and O–H groups in total.